The van der Waals surface area contributed by atoms with Crippen LogP contribution in [0.1, 0.15) is 46.5 Å². The first-order chi connectivity index (χ1) is 5.02. The molecule has 2 rings (SSSR count). The number of hydrogen-bond acceptors (Lipinski definition) is 1. The van der Waals surface area contributed by atoms with Crippen molar-refractivity contribution in [1.82, 2.24) is 5.32 Å². The van der Waals surface area contributed by atoms with Gasteiger partial charge in [-0.05, 0) is 45.4 Å². The van der Waals surface area contributed by atoms with Gasteiger partial charge in [0.2, 0.25) is 0 Å². The van der Waals surface area contributed by atoms with E-state index in [0.717, 1.165) is 5.92 Å². The molecule has 2 atom stereocenters. The smallest absolute Gasteiger partial charge is 0.0161 e. The maximum Gasteiger partial charge on any atom is 0.0161 e. The molecule has 0 spiro atoms. The third kappa shape index (κ3) is 1.20. The van der Waals surface area contributed by atoms with E-state index in [0.29, 0.717) is 11.1 Å². The van der Waals surface area contributed by atoms with Gasteiger partial charge >= 0.3 is 0 Å². The average Bonchev–Trinajstić information content (AvgIpc) is 2.01. The van der Waals surface area contributed by atoms with Crippen LogP contribution in [0.4, 0.5) is 0 Å². The van der Waals surface area contributed by atoms with Crippen molar-refractivity contribution < 1.29 is 0 Å². The Morgan fingerprint density at radius 3 is 2.00 bits per heavy atom. The topological polar surface area (TPSA) is 12.0 Å². The fourth-order valence-corrected chi connectivity index (χ4v) is 3.32. The molecule has 0 radical (unpaired) electrons. The molecule has 0 aromatic heterocycles. The summed E-state index contributed by atoms with van der Waals surface area (Å²) >= 11 is 0. The molecule has 0 saturated carbocycles. The van der Waals surface area contributed by atoms with E-state index in [1.54, 1.807) is 0 Å². The number of rotatable bonds is 0. The van der Waals surface area contributed by atoms with Crippen molar-refractivity contribution in [2.45, 2.75) is 57.5 Å². The van der Waals surface area contributed by atoms with Crippen molar-refractivity contribution in [1.29, 1.82) is 0 Å². The molecule has 0 aromatic rings. The van der Waals surface area contributed by atoms with Crippen LogP contribution in [-0.2, 0) is 0 Å². The Kier molecular flexibility index (Phi) is 1.39. The summed E-state index contributed by atoms with van der Waals surface area (Å²) in [4.78, 5) is 0. The third-order valence-electron chi connectivity index (χ3n) is 3.43. The Labute approximate surface area is 69.6 Å². The van der Waals surface area contributed by atoms with E-state index in [4.69, 9.17) is 0 Å². The molecule has 2 aliphatic rings. The Bertz CT molecular complexity index is 160. The van der Waals surface area contributed by atoms with Crippen LogP contribution in [0.25, 0.3) is 0 Å². The lowest BCUT2D eigenvalue weighted by Crippen LogP contribution is -2.53. The van der Waals surface area contributed by atoms with Crippen LogP contribution in [-0.4, -0.2) is 11.1 Å². The molecule has 1 heteroatoms. The number of hydrogen-bond donors (Lipinski definition) is 1. The van der Waals surface area contributed by atoms with Crippen LogP contribution < -0.4 is 5.32 Å². The van der Waals surface area contributed by atoms with Gasteiger partial charge in [0.25, 0.3) is 0 Å². The van der Waals surface area contributed by atoms with Gasteiger partial charge < -0.3 is 5.32 Å². The van der Waals surface area contributed by atoms with Crippen molar-refractivity contribution in [2.24, 2.45) is 5.92 Å². The van der Waals surface area contributed by atoms with Gasteiger partial charge in [-0.2, -0.15) is 0 Å². The predicted molar refractivity (Wildman–Crippen MR) is 47.6 cm³/mol. The highest BCUT2D eigenvalue weighted by atomic mass is 15.1. The van der Waals surface area contributed by atoms with Gasteiger partial charge in [-0.15, -0.1) is 0 Å². The second-order valence-electron chi connectivity index (χ2n) is 5.26. The molecule has 2 bridgehead atoms. The highest BCUT2D eigenvalue weighted by Crippen LogP contribution is 2.44. The Hall–Kier alpha value is -0.0400. The van der Waals surface area contributed by atoms with E-state index in [2.05, 4.69) is 26.1 Å². The summed E-state index contributed by atoms with van der Waals surface area (Å²) in [5.74, 6) is 0.925. The lowest BCUT2D eigenvalue weighted by atomic mass is 9.82. The van der Waals surface area contributed by atoms with Crippen molar-refractivity contribution in [2.75, 3.05) is 0 Å². The van der Waals surface area contributed by atoms with Gasteiger partial charge in [-0.1, -0.05) is 6.92 Å². The molecule has 2 fully saturated rings. The quantitative estimate of drug-likeness (QED) is 0.563. The normalized spacial score (nSPS) is 56.5. The van der Waals surface area contributed by atoms with Crippen LogP contribution in [0.15, 0.2) is 0 Å². The van der Waals surface area contributed by atoms with E-state index in [1.807, 2.05) is 0 Å². The number of piperidine rings is 1. The van der Waals surface area contributed by atoms with Crippen LogP contribution in [0.3, 0.4) is 0 Å². The largest absolute Gasteiger partial charge is 0.306 e. The van der Waals surface area contributed by atoms with Crippen LogP contribution >= 0.6 is 0 Å². The summed E-state index contributed by atoms with van der Waals surface area (Å²) in [6.07, 6.45) is 5.52. The molecule has 2 aliphatic heterocycles. The van der Waals surface area contributed by atoms with Crippen molar-refractivity contribution in [3.8, 4) is 0 Å². The summed E-state index contributed by atoms with van der Waals surface area (Å²) in [6.45, 7) is 7.16. The molecular formula is C10H19N. The molecule has 0 aromatic carbocycles. The van der Waals surface area contributed by atoms with Crippen molar-refractivity contribution >= 4 is 0 Å². The van der Waals surface area contributed by atoms with Gasteiger partial charge in [0, 0.05) is 11.1 Å². The summed E-state index contributed by atoms with van der Waals surface area (Å²) in [5, 5.41) is 3.77. The molecule has 2 unspecified atom stereocenters. The number of fused-ring (bicyclic) bond motifs is 2. The predicted octanol–water partition coefficient (Wildman–Crippen LogP) is 2.32. The first-order valence-corrected chi connectivity index (χ1v) is 4.81. The molecule has 0 aliphatic carbocycles. The highest BCUT2D eigenvalue weighted by Gasteiger charge is 2.46. The minimum atomic E-state index is 0.479. The second-order valence-corrected chi connectivity index (χ2v) is 5.26. The maximum absolute atomic E-state index is 3.77. The molecule has 1 N–H and O–H groups in total. The van der Waals surface area contributed by atoms with E-state index >= 15 is 0 Å². The fraction of sp³-hybridized carbons (Fsp3) is 1.00. The van der Waals surface area contributed by atoms with Crippen LogP contribution in [0.2, 0.25) is 0 Å². The first kappa shape index (κ1) is 7.60. The monoisotopic (exact) mass is 153 g/mol. The average molecular weight is 153 g/mol. The molecule has 0 amide bonds. The van der Waals surface area contributed by atoms with Crippen LogP contribution in [0.5, 0.6) is 0 Å². The van der Waals surface area contributed by atoms with E-state index < -0.39 is 0 Å². The molecule has 2 saturated heterocycles. The van der Waals surface area contributed by atoms with Gasteiger partial charge in [-0.3, -0.25) is 0 Å². The zero-order valence-corrected chi connectivity index (χ0v) is 7.91. The summed E-state index contributed by atoms with van der Waals surface area (Å²) in [5.41, 5.74) is 0.957. The van der Waals surface area contributed by atoms with Crippen molar-refractivity contribution in [3.63, 3.8) is 0 Å². The third-order valence-corrected chi connectivity index (χ3v) is 3.43. The molecule has 64 valence electrons. The minimum Gasteiger partial charge on any atom is -0.306 e. The number of nitrogens with one attached hydrogen (secondary N) is 1. The Morgan fingerprint density at radius 1 is 1.09 bits per heavy atom. The van der Waals surface area contributed by atoms with Gasteiger partial charge in [0.15, 0.2) is 0 Å². The summed E-state index contributed by atoms with van der Waals surface area (Å²) < 4.78 is 0. The Morgan fingerprint density at radius 2 is 1.55 bits per heavy atom. The summed E-state index contributed by atoms with van der Waals surface area (Å²) in [7, 11) is 0. The van der Waals surface area contributed by atoms with E-state index in [-0.39, 0.29) is 0 Å². The van der Waals surface area contributed by atoms with Gasteiger partial charge in [0.1, 0.15) is 0 Å². The fourth-order valence-electron chi connectivity index (χ4n) is 3.32. The standard InChI is InChI=1S/C10H19N/c1-8-6-9(2)4-5-10(3,7-8)11-9/h8,11H,4-7H2,1-3H3. The Balaban J connectivity index is 2.21. The molecule has 1 nitrogen and oxygen atoms in total. The molecule has 11 heavy (non-hydrogen) atoms. The first-order valence-electron chi connectivity index (χ1n) is 4.81. The zero-order chi connectivity index (χ0) is 8.11. The maximum atomic E-state index is 3.77. The zero-order valence-electron chi connectivity index (χ0n) is 7.91. The summed E-state index contributed by atoms with van der Waals surface area (Å²) in [6, 6.07) is 0. The highest BCUT2D eigenvalue weighted by molar-refractivity contribution is 5.07. The second kappa shape index (κ2) is 2.01. The SMILES string of the molecule is CC1CC2(C)CCC(C)(C1)N2. The van der Waals surface area contributed by atoms with E-state index in [1.165, 1.54) is 25.7 Å². The van der Waals surface area contributed by atoms with Gasteiger partial charge in [0.05, 0.1) is 0 Å². The van der Waals surface area contributed by atoms with E-state index in [9.17, 15) is 0 Å². The molecular weight excluding hydrogens is 134 g/mol. The lowest BCUT2D eigenvalue weighted by molar-refractivity contribution is 0.182. The lowest BCUT2D eigenvalue weighted by Gasteiger charge is -2.40. The molecule has 2 heterocycles. The van der Waals surface area contributed by atoms with Gasteiger partial charge in [-0.25, -0.2) is 0 Å². The minimum absolute atomic E-state index is 0.479. The van der Waals surface area contributed by atoms with Crippen LogP contribution in [0, 0.1) is 5.92 Å². The van der Waals surface area contributed by atoms with Crippen molar-refractivity contribution in [3.05, 3.63) is 0 Å².